The Balaban J connectivity index is 1.25. The summed E-state index contributed by atoms with van der Waals surface area (Å²) in [5.74, 6) is -3.50. The molecular formula is C32H33NO10. The van der Waals surface area contributed by atoms with Crippen molar-refractivity contribution in [3.8, 4) is 5.75 Å². The number of likely N-dealkylation sites (tertiary alicyclic amines) is 1. The minimum atomic E-state index is -1.74. The van der Waals surface area contributed by atoms with Crippen molar-refractivity contribution < 1.29 is 48.3 Å². The van der Waals surface area contributed by atoms with Crippen molar-refractivity contribution in [2.45, 2.75) is 74.9 Å². The van der Waals surface area contributed by atoms with Gasteiger partial charge in [0.25, 0.3) is 0 Å². The normalized spacial score (nSPS) is 28.0. The van der Waals surface area contributed by atoms with Crippen molar-refractivity contribution in [1.82, 2.24) is 4.90 Å². The van der Waals surface area contributed by atoms with Gasteiger partial charge < -0.3 is 34.1 Å². The number of esters is 3. The number of rotatable bonds is 8. The molecule has 2 N–H and O–H groups in total. The fourth-order valence-corrected chi connectivity index (χ4v) is 7.36. The van der Waals surface area contributed by atoms with Gasteiger partial charge in [0.1, 0.15) is 11.5 Å². The second kappa shape index (κ2) is 10.5. The highest BCUT2D eigenvalue weighted by atomic mass is 16.6. The molecule has 11 nitrogen and oxygen atoms in total. The predicted molar refractivity (Wildman–Crippen MR) is 149 cm³/mol. The number of likely N-dealkylation sites (N-methyl/N-ethyl adjacent to an activating group) is 1. The van der Waals surface area contributed by atoms with Gasteiger partial charge in [-0.2, -0.15) is 0 Å². The molecule has 0 aromatic heterocycles. The fraction of sp³-hybridized carbons (Fsp3) is 0.438. The summed E-state index contributed by atoms with van der Waals surface area (Å²) in [6, 6.07) is 11.7. The fourth-order valence-electron chi connectivity index (χ4n) is 7.36. The number of benzene rings is 2. The Morgan fingerprint density at radius 3 is 2.56 bits per heavy atom. The molecule has 0 unspecified atom stereocenters. The number of hydrogen-bond donors (Lipinski definition) is 2. The van der Waals surface area contributed by atoms with E-state index in [1.807, 2.05) is 20.0 Å². The maximum Gasteiger partial charge on any atom is 0.349 e. The van der Waals surface area contributed by atoms with Gasteiger partial charge in [-0.1, -0.05) is 42.5 Å². The van der Waals surface area contributed by atoms with Crippen LogP contribution in [0.25, 0.3) is 0 Å². The van der Waals surface area contributed by atoms with Crippen LogP contribution in [-0.4, -0.2) is 76.4 Å². The van der Waals surface area contributed by atoms with Crippen LogP contribution in [0.1, 0.15) is 54.5 Å². The lowest BCUT2D eigenvalue weighted by Crippen LogP contribution is -2.74. The first-order chi connectivity index (χ1) is 20.5. The summed E-state index contributed by atoms with van der Waals surface area (Å²) in [6.07, 6.45) is -1.78. The first-order valence-corrected chi connectivity index (χ1v) is 14.2. The summed E-state index contributed by atoms with van der Waals surface area (Å²) in [4.78, 5) is 52.1. The number of carbonyl (C=O) groups excluding carboxylic acids is 3. The van der Waals surface area contributed by atoms with Gasteiger partial charge in [0, 0.05) is 30.5 Å². The third-order valence-corrected chi connectivity index (χ3v) is 9.29. The van der Waals surface area contributed by atoms with E-state index >= 15 is 0 Å². The topological polar surface area (TPSA) is 149 Å². The molecule has 1 saturated heterocycles. The van der Waals surface area contributed by atoms with Gasteiger partial charge in [-0.15, -0.1) is 0 Å². The lowest BCUT2D eigenvalue weighted by molar-refractivity contribution is -0.180. The molecule has 6 atom stereocenters. The lowest BCUT2D eigenvalue weighted by Gasteiger charge is -2.61. The number of aliphatic carboxylic acids is 1. The van der Waals surface area contributed by atoms with E-state index in [1.165, 1.54) is 12.1 Å². The van der Waals surface area contributed by atoms with Crippen molar-refractivity contribution in [2.75, 3.05) is 13.6 Å². The predicted octanol–water partition coefficient (Wildman–Crippen LogP) is 2.51. The van der Waals surface area contributed by atoms with Crippen LogP contribution < -0.4 is 4.74 Å². The van der Waals surface area contributed by atoms with Crippen LogP contribution in [0.5, 0.6) is 5.75 Å². The smallest absolute Gasteiger partial charge is 0.349 e. The molecule has 43 heavy (non-hydrogen) atoms. The van der Waals surface area contributed by atoms with E-state index in [2.05, 4.69) is 11.0 Å². The highest BCUT2D eigenvalue weighted by Gasteiger charge is 2.71. The number of hydrogen-bond acceptors (Lipinski definition) is 10. The summed E-state index contributed by atoms with van der Waals surface area (Å²) >= 11 is 0. The molecule has 2 heterocycles. The molecule has 226 valence electrons. The van der Waals surface area contributed by atoms with Crippen LogP contribution in [0.3, 0.4) is 0 Å². The minimum absolute atomic E-state index is 0.156. The van der Waals surface area contributed by atoms with Crippen LogP contribution >= 0.6 is 0 Å². The van der Waals surface area contributed by atoms with E-state index in [9.17, 15) is 29.4 Å². The maximum atomic E-state index is 13.3. The summed E-state index contributed by atoms with van der Waals surface area (Å²) in [5.41, 5.74) is 1.19. The first kappa shape index (κ1) is 28.9. The largest absolute Gasteiger partial charge is 0.481 e. The van der Waals surface area contributed by atoms with Crippen LogP contribution in [-0.2, 0) is 45.2 Å². The lowest BCUT2D eigenvalue weighted by atomic mass is 9.50. The zero-order valence-electron chi connectivity index (χ0n) is 24.1. The second-order valence-corrected chi connectivity index (χ2v) is 11.7. The zero-order valence-corrected chi connectivity index (χ0v) is 24.1. The SMILES string of the molecule is CC(=O)O[C@@H](CC(=O)OC1=CC[C@@]2(O)[C@H]3Cc4ccc(C)c5c4[C@@]2(CCN3C)[C@H]1O5)C(=O)O[C@H](C(=O)O)c1ccccc1. The third kappa shape index (κ3) is 4.49. The van der Waals surface area contributed by atoms with Crippen molar-refractivity contribution in [2.24, 2.45) is 0 Å². The molecule has 2 aromatic rings. The van der Waals surface area contributed by atoms with E-state index in [4.69, 9.17) is 18.9 Å². The van der Waals surface area contributed by atoms with Crippen molar-refractivity contribution in [3.63, 3.8) is 0 Å². The van der Waals surface area contributed by atoms with Gasteiger partial charge in [0.2, 0.25) is 12.2 Å². The molecule has 4 aliphatic rings. The van der Waals surface area contributed by atoms with Gasteiger partial charge >= 0.3 is 23.9 Å². The molecular weight excluding hydrogens is 558 g/mol. The number of carboxylic acid groups (broad SMARTS) is 1. The van der Waals surface area contributed by atoms with Gasteiger partial charge in [-0.05, 0) is 50.6 Å². The molecule has 1 fully saturated rings. The third-order valence-electron chi connectivity index (χ3n) is 9.29. The summed E-state index contributed by atoms with van der Waals surface area (Å²) in [5, 5.41) is 21.9. The van der Waals surface area contributed by atoms with Crippen LogP contribution in [0.2, 0.25) is 0 Å². The monoisotopic (exact) mass is 591 g/mol. The average Bonchev–Trinajstić information content (AvgIpc) is 3.32. The maximum absolute atomic E-state index is 13.3. The Labute approximate surface area is 248 Å². The molecule has 2 bridgehead atoms. The molecule has 0 radical (unpaired) electrons. The van der Waals surface area contributed by atoms with Crippen LogP contribution in [0.4, 0.5) is 0 Å². The summed E-state index contributed by atoms with van der Waals surface area (Å²) in [6.45, 7) is 3.71. The second-order valence-electron chi connectivity index (χ2n) is 11.7. The van der Waals surface area contributed by atoms with Gasteiger partial charge in [0.05, 0.1) is 17.4 Å². The Hall–Kier alpha value is -4.22. The Morgan fingerprint density at radius 1 is 1.12 bits per heavy atom. The van der Waals surface area contributed by atoms with Crippen LogP contribution in [0.15, 0.2) is 54.3 Å². The van der Waals surface area contributed by atoms with E-state index < -0.39 is 59.6 Å². The molecule has 0 saturated carbocycles. The molecule has 2 aliphatic heterocycles. The van der Waals surface area contributed by atoms with E-state index in [1.54, 1.807) is 24.3 Å². The molecule has 1 spiro atoms. The summed E-state index contributed by atoms with van der Waals surface area (Å²) in [7, 11) is 2.00. The quantitative estimate of drug-likeness (QED) is 0.345. The first-order valence-electron chi connectivity index (χ1n) is 14.2. The van der Waals surface area contributed by atoms with E-state index in [0.29, 0.717) is 25.1 Å². The standard InChI is InChI=1S/C32H33NO10/c1-17-9-10-20-15-23-32(39)12-11-21(28-31(32,13-14-33(23)3)25(20)26(17)42-28)41-24(35)16-22(40-18(2)34)30(38)43-27(29(36)37)19-7-5-4-6-8-19/h4-11,22-23,27-28,39H,12-16H2,1-3H3,(H,36,37)/t22-,23+,27-,28-,31-,32+/m0/s1. The number of nitrogens with zero attached hydrogens (tertiary/aromatic N) is 1. The van der Waals surface area contributed by atoms with Crippen molar-refractivity contribution >= 4 is 23.9 Å². The molecule has 6 rings (SSSR count). The number of piperidine rings is 1. The average molecular weight is 592 g/mol. The number of carbonyl (C=O) groups is 4. The number of carboxylic acids is 1. The number of aryl methyl sites for hydroxylation is 1. The van der Waals surface area contributed by atoms with Crippen molar-refractivity contribution in [3.05, 3.63) is 76.6 Å². The molecule has 0 amide bonds. The molecule has 2 aliphatic carbocycles. The van der Waals surface area contributed by atoms with Crippen molar-refractivity contribution in [1.29, 1.82) is 0 Å². The minimum Gasteiger partial charge on any atom is -0.481 e. The highest BCUT2D eigenvalue weighted by molar-refractivity contribution is 5.86. The van der Waals surface area contributed by atoms with Gasteiger partial charge in [-0.25, -0.2) is 9.59 Å². The van der Waals surface area contributed by atoms with Crippen LogP contribution in [0, 0.1) is 6.92 Å². The highest BCUT2D eigenvalue weighted by Crippen LogP contribution is 2.64. The van der Waals surface area contributed by atoms with E-state index in [0.717, 1.165) is 23.6 Å². The number of ether oxygens (including phenoxy) is 4. The zero-order chi connectivity index (χ0) is 30.7. The Kier molecular flexibility index (Phi) is 7.05. The molecule has 2 aromatic carbocycles. The van der Waals surface area contributed by atoms with Gasteiger partial charge in [0.15, 0.2) is 6.10 Å². The number of aliphatic hydroxyl groups is 1. The summed E-state index contributed by atoms with van der Waals surface area (Å²) < 4.78 is 22.6. The Morgan fingerprint density at radius 2 is 1.86 bits per heavy atom. The molecule has 11 heteroatoms. The Bertz CT molecular complexity index is 1540. The van der Waals surface area contributed by atoms with Gasteiger partial charge in [-0.3, -0.25) is 9.59 Å². The van der Waals surface area contributed by atoms with E-state index in [-0.39, 0.29) is 23.8 Å².